The summed E-state index contributed by atoms with van der Waals surface area (Å²) in [4.78, 5) is 0. The molecule has 2 N–H and O–H groups in total. The van der Waals surface area contributed by atoms with Crippen molar-refractivity contribution in [1.82, 2.24) is 14.9 Å². The van der Waals surface area contributed by atoms with Crippen molar-refractivity contribution in [3.05, 3.63) is 11.6 Å². The number of hydrogen-bond donors (Lipinski definition) is 2. The Balaban J connectivity index is 3.33. The van der Waals surface area contributed by atoms with E-state index in [4.69, 9.17) is 0 Å². The van der Waals surface area contributed by atoms with Crippen LogP contribution in [0, 0.1) is 5.41 Å². The van der Waals surface area contributed by atoms with Gasteiger partial charge in [-0.3, -0.25) is 0 Å². The Morgan fingerprint density at radius 3 is 1.78 bits per heavy atom. The minimum Gasteiger partial charge on any atom is -0.385 e. The summed E-state index contributed by atoms with van der Waals surface area (Å²) in [5.74, 6) is 0.656. The first-order valence-corrected chi connectivity index (χ1v) is 6.02. The van der Waals surface area contributed by atoms with Gasteiger partial charge < -0.3 is 10.2 Å². The molecule has 0 bridgehead atoms. The first kappa shape index (κ1) is 14.8. The van der Waals surface area contributed by atoms with Gasteiger partial charge in [-0.1, -0.05) is 20.8 Å². The molecule has 2 unspecified atom stereocenters. The Labute approximate surface area is 107 Å². The van der Waals surface area contributed by atoms with E-state index in [0.29, 0.717) is 11.6 Å². The molecule has 2 atom stereocenters. The predicted octanol–water partition coefficient (Wildman–Crippen LogP) is 1.65. The smallest absolute Gasteiger partial charge is 0.182 e. The van der Waals surface area contributed by atoms with Crippen LogP contribution in [0.15, 0.2) is 5.10 Å². The third-order valence-corrected chi connectivity index (χ3v) is 2.77. The molecule has 1 heterocycles. The SMILES string of the molecule is CC(=Nn1c(C(C)O)nnc1C(C)O)C(C)(C)C. The van der Waals surface area contributed by atoms with Gasteiger partial charge in [0.15, 0.2) is 11.6 Å². The maximum Gasteiger partial charge on any atom is 0.182 e. The van der Waals surface area contributed by atoms with Crippen molar-refractivity contribution < 1.29 is 10.2 Å². The lowest BCUT2D eigenvalue weighted by Crippen LogP contribution is -2.20. The molecule has 0 aromatic carbocycles. The van der Waals surface area contributed by atoms with E-state index in [9.17, 15) is 10.2 Å². The van der Waals surface area contributed by atoms with Crippen molar-refractivity contribution in [3.8, 4) is 0 Å². The number of aliphatic hydroxyl groups is 2. The van der Waals surface area contributed by atoms with Gasteiger partial charge in [0.2, 0.25) is 0 Å². The Kier molecular flexibility index (Phi) is 4.24. The lowest BCUT2D eigenvalue weighted by Gasteiger charge is -2.19. The van der Waals surface area contributed by atoms with Crippen LogP contribution in [0.5, 0.6) is 0 Å². The molecular formula is C12H22N4O2. The monoisotopic (exact) mass is 254 g/mol. The predicted molar refractivity (Wildman–Crippen MR) is 69.3 cm³/mol. The van der Waals surface area contributed by atoms with E-state index in [1.54, 1.807) is 13.8 Å². The lowest BCUT2D eigenvalue weighted by molar-refractivity contribution is 0.173. The van der Waals surface area contributed by atoms with Crippen molar-refractivity contribution in [2.75, 3.05) is 0 Å². The lowest BCUT2D eigenvalue weighted by atomic mass is 9.91. The summed E-state index contributed by atoms with van der Waals surface area (Å²) in [7, 11) is 0. The largest absolute Gasteiger partial charge is 0.385 e. The summed E-state index contributed by atoms with van der Waals surface area (Å²) in [6.45, 7) is 11.2. The van der Waals surface area contributed by atoms with Crippen molar-refractivity contribution in [2.45, 2.75) is 53.8 Å². The first-order valence-electron chi connectivity index (χ1n) is 6.02. The third-order valence-electron chi connectivity index (χ3n) is 2.77. The van der Waals surface area contributed by atoms with Crippen LogP contribution >= 0.6 is 0 Å². The van der Waals surface area contributed by atoms with Crippen molar-refractivity contribution in [3.63, 3.8) is 0 Å². The van der Waals surface area contributed by atoms with Crippen molar-refractivity contribution in [1.29, 1.82) is 0 Å². The van der Waals surface area contributed by atoms with Crippen LogP contribution in [0.2, 0.25) is 0 Å². The molecule has 0 aliphatic carbocycles. The normalized spacial score (nSPS) is 16.8. The first-order chi connectivity index (χ1) is 8.14. The molecule has 0 fully saturated rings. The second-order valence-corrected chi connectivity index (χ2v) is 5.52. The van der Waals surface area contributed by atoms with E-state index in [0.717, 1.165) is 5.71 Å². The van der Waals surface area contributed by atoms with Crippen LogP contribution in [0.4, 0.5) is 0 Å². The molecule has 102 valence electrons. The highest BCUT2D eigenvalue weighted by atomic mass is 16.3. The fourth-order valence-corrected chi connectivity index (χ4v) is 1.23. The summed E-state index contributed by atoms with van der Waals surface area (Å²) in [6, 6.07) is 0. The standard InChI is InChI=1S/C12H22N4O2/c1-7(17)10-13-14-11(8(2)18)16(10)15-9(3)12(4,5)6/h7-8,17-18H,1-6H3. The quantitative estimate of drug-likeness (QED) is 0.803. The molecule has 18 heavy (non-hydrogen) atoms. The maximum atomic E-state index is 9.64. The number of hydrogen-bond acceptors (Lipinski definition) is 5. The minimum absolute atomic E-state index is 0.101. The molecule has 6 heteroatoms. The molecule has 0 amide bonds. The van der Waals surface area contributed by atoms with Gasteiger partial charge in [-0.2, -0.15) is 9.78 Å². The molecule has 0 aliphatic heterocycles. The Bertz CT molecular complexity index is 416. The zero-order valence-electron chi connectivity index (χ0n) is 11.8. The van der Waals surface area contributed by atoms with Crippen LogP contribution in [0.3, 0.4) is 0 Å². The van der Waals surface area contributed by atoms with E-state index in [2.05, 4.69) is 15.3 Å². The van der Waals surface area contributed by atoms with E-state index in [1.165, 1.54) is 4.68 Å². The maximum absolute atomic E-state index is 9.64. The van der Waals surface area contributed by atoms with Crippen LogP contribution in [-0.2, 0) is 0 Å². The average molecular weight is 254 g/mol. The van der Waals surface area contributed by atoms with Gasteiger partial charge in [0.1, 0.15) is 12.2 Å². The Morgan fingerprint density at radius 2 is 1.50 bits per heavy atom. The van der Waals surface area contributed by atoms with Gasteiger partial charge in [-0.05, 0) is 20.8 Å². The fraction of sp³-hybridized carbons (Fsp3) is 0.750. The third kappa shape index (κ3) is 3.14. The Morgan fingerprint density at radius 1 is 1.11 bits per heavy atom. The fourth-order valence-electron chi connectivity index (χ4n) is 1.23. The van der Waals surface area contributed by atoms with E-state index in [-0.39, 0.29) is 5.41 Å². The van der Waals surface area contributed by atoms with Crippen molar-refractivity contribution in [2.24, 2.45) is 10.5 Å². The summed E-state index contributed by atoms with van der Waals surface area (Å²) >= 11 is 0. The zero-order chi connectivity index (χ0) is 14.1. The molecule has 6 nitrogen and oxygen atoms in total. The molecule has 0 saturated heterocycles. The second kappa shape index (κ2) is 5.16. The van der Waals surface area contributed by atoms with Crippen molar-refractivity contribution >= 4 is 5.71 Å². The molecule has 0 aliphatic rings. The van der Waals surface area contributed by atoms with Crippen LogP contribution < -0.4 is 0 Å². The molecule has 0 spiro atoms. The topological polar surface area (TPSA) is 83.5 Å². The summed E-state index contributed by atoms with van der Waals surface area (Å²) in [5, 5.41) is 31.4. The van der Waals surface area contributed by atoms with Gasteiger partial charge in [-0.25, -0.2) is 0 Å². The minimum atomic E-state index is -0.790. The number of aliphatic hydroxyl groups excluding tert-OH is 2. The number of aromatic nitrogens is 3. The molecule has 0 radical (unpaired) electrons. The highest BCUT2D eigenvalue weighted by molar-refractivity contribution is 5.86. The highest BCUT2D eigenvalue weighted by Crippen LogP contribution is 2.20. The van der Waals surface area contributed by atoms with E-state index < -0.39 is 12.2 Å². The van der Waals surface area contributed by atoms with Crippen LogP contribution in [-0.4, -0.2) is 30.8 Å². The van der Waals surface area contributed by atoms with E-state index >= 15 is 0 Å². The number of rotatable bonds is 3. The molecule has 1 rings (SSSR count). The molecule has 0 saturated carbocycles. The zero-order valence-corrected chi connectivity index (χ0v) is 11.8. The molecule has 1 aromatic heterocycles. The van der Waals surface area contributed by atoms with Gasteiger partial charge in [0.05, 0.1) is 0 Å². The Hall–Kier alpha value is -1.27. The highest BCUT2D eigenvalue weighted by Gasteiger charge is 2.21. The van der Waals surface area contributed by atoms with Crippen LogP contribution in [0.1, 0.15) is 65.4 Å². The van der Waals surface area contributed by atoms with Gasteiger partial charge in [0.25, 0.3) is 0 Å². The molecular weight excluding hydrogens is 232 g/mol. The second-order valence-electron chi connectivity index (χ2n) is 5.52. The van der Waals surface area contributed by atoms with Gasteiger partial charge in [0, 0.05) is 11.1 Å². The number of nitrogens with zero attached hydrogens (tertiary/aromatic N) is 4. The summed E-state index contributed by atoms with van der Waals surface area (Å²) < 4.78 is 1.43. The summed E-state index contributed by atoms with van der Waals surface area (Å²) in [5.41, 5.74) is 0.766. The van der Waals surface area contributed by atoms with Gasteiger partial charge >= 0.3 is 0 Å². The summed E-state index contributed by atoms with van der Waals surface area (Å²) in [6.07, 6.45) is -1.58. The molecule has 1 aromatic rings. The van der Waals surface area contributed by atoms with E-state index in [1.807, 2.05) is 27.7 Å². The van der Waals surface area contributed by atoms with Gasteiger partial charge in [-0.15, -0.1) is 10.2 Å². The average Bonchev–Trinajstić information content (AvgIpc) is 2.59. The van der Waals surface area contributed by atoms with Crippen LogP contribution in [0.25, 0.3) is 0 Å².